The van der Waals surface area contributed by atoms with E-state index in [1.165, 1.54) is 25.3 Å². The Bertz CT molecular complexity index is 621. The van der Waals surface area contributed by atoms with Crippen LogP contribution in [-0.2, 0) is 0 Å². The Labute approximate surface area is 113 Å². The van der Waals surface area contributed by atoms with Crippen molar-refractivity contribution in [3.8, 4) is 5.75 Å². The first-order chi connectivity index (χ1) is 9.01. The molecule has 0 amide bonds. The number of carbonyl (C=O) groups is 1. The summed E-state index contributed by atoms with van der Waals surface area (Å²) in [5.74, 6) is -1.70. The highest BCUT2D eigenvalue weighted by Gasteiger charge is 2.13. The first-order valence-corrected chi connectivity index (χ1v) is 5.73. The first kappa shape index (κ1) is 13.5. The van der Waals surface area contributed by atoms with Crippen LogP contribution in [0.2, 0.25) is 5.02 Å². The quantitative estimate of drug-likeness (QED) is 0.799. The monoisotopic (exact) mass is 282 g/mol. The van der Waals surface area contributed by atoms with Crippen LogP contribution in [0.25, 0.3) is 0 Å². The van der Waals surface area contributed by atoms with Gasteiger partial charge in [-0.15, -0.1) is 0 Å². The summed E-state index contributed by atoms with van der Waals surface area (Å²) >= 11 is 5.90. The molecule has 0 saturated heterocycles. The first-order valence-electron chi connectivity index (χ1n) is 5.35. The molecule has 0 saturated carbocycles. The Morgan fingerprint density at radius 1 is 1.05 bits per heavy atom. The predicted octanol–water partition coefficient (Wildman–Crippen LogP) is 3.86. The smallest absolute Gasteiger partial charge is 0.193 e. The second kappa shape index (κ2) is 5.36. The van der Waals surface area contributed by atoms with Crippen molar-refractivity contribution >= 4 is 17.4 Å². The van der Waals surface area contributed by atoms with E-state index < -0.39 is 17.4 Å². The Morgan fingerprint density at radius 3 is 2.21 bits per heavy atom. The summed E-state index contributed by atoms with van der Waals surface area (Å²) in [6.07, 6.45) is 0. The van der Waals surface area contributed by atoms with Gasteiger partial charge in [-0.05, 0) is 30.3 Å². The van der Waals surface area contributed by atoms with Gasteiger partial charge in [0, 0.05) is 17.2 Å². The highest BCUT2D eigenvalue weighted by molar-refractivity contribution is 6.32. The lowest BCUT2D eigenvalue weighted by molar-refractivity contribution is 0.103. The van der Waals surface area contributed by atoms with Gasteiger partial charge in [0.2, 0.25) is 0 Å². The van der Waals surface area contributed by atoms with Crippen LogP contribution in [0.1, 0.15) is 15.9 Å². The van der Waals surface area contributed by atoms with Crippen molar-refractivity contribution in [3.63, 3.8) is 0 Å². The normalized spacial score (nSPS) is 10.3. The Kier molecular flexibility index (Phi) is 3.81. The number of hydrogen-bond acceptors (Lipinski definition) is 2. The molecule has 2 aromatic carbocycles. The Morgan fingerprint density at radius 2 is 1.68 bits per heavy atom. The maximum Gasteiger partial charge on any atom is 0.193 e. The third kappa shape index (κ3) is 2.90. The number of ketones is 1. The fourth-order valence-corrected chi connectivity index (χ4v) is 1.92. The number of benzene rings is 2. The van der Waals surface area contributed by atoms with Crippen LogP contribution in [0, 0.1) is 11.6 Å². The summed E-state index contributed by atoms with van der Waals surface area (Å²) in [5.41, 5.74) is 0.162. The molecule has 2 rings (SSSR count). The second-order valence-corrected chi connectivity index (χ2v) is 4.24. The van der Waals surface area contributed by atoms with Crippen LogP contribution in [-0.4, -0.2) is 12.9 Å². The van der Waals surface area contributed by atoms with Crippen LogP contribution >= 0.6 is 11.6 Å². The summed E-state index contributed by atoms with van der Waals surface area (Å²) in [6.45, 7) is 0. The van der Waals surface area contributed by atoms with Crippen LogP contribution in [0.4, 0.5) is 8.78 Å². The number of halogens is 3. The molecule has 0 aliphatic heterocycles. The van der Waals surface area contributed by atoms with Gasteiger partial charge >= 0.3 is 0 Å². The lowest BCUT2D eigenvalue weighted by Gasteiger charge is -2.06. The molecule has 0 N–H and O–H groups in total. The maximum atomic E-state index is 13.1. The van der Waals surface area contributed by atoms with Gasteiger partial charge in [-0.25, -0.2) is 8.78 Å². The molecule has 0 radical (unpaired) electrons. The van der Waals surface area contributed by atoms with Gasteiger partial charge in [0.25, 0.3) is 0 Å². The van der Waals surface area contributed by atoms with Crippen molar-refractivity contribution in [2.75, 3.05) is 7.11 Å². The van der Waals surface area contributed by atoms with Crippen molar-refractivity contribution in [2.24, 2.45) is 0 Å². The molecular formula is C14H9ClF2O2. The fourth-order valence-electron chi connectivity index (χ4n) is 1.66. The van der Waals surface area contributed by atoms with Crippen molar-refractivity contribution in [1.29, 1.82) is 0 Å². The zero-order chi connectivity index (χ0) is 14.0. The number of hydrogen-bond donors (Lipinski definition) is 0. The molecule has 2 nitrogen and oxygen atoms in total. The Hall–Kier alpha value is -1.94. The van der Waals surface area contributed by atoms with E-state index >= 15 is 0 Å². The van der Waals surface area contributed by atoms with Gasteiger partial charge in [0.15, 0.2) is 5.78 Å². The van der Waals surface area contributed by atoms with E-state index in [1.54, 1.807) is 0 Å². The van der Waals surface area contributed by atoms with E-state index in [0.29, 0.717) is 11.8 Å². The topological polar surface area (TPSA) is 26.3 Å². The molecule has 0 atom stereocenters. The number of carbonyl (C=O) groups excluding carboxylic acids is 1. The molecule has 19 heavy (non-hydrogen) atoms. The highest BCUT2D eigenvalue weighted by Crippen LogP contribution is 2.26. The molecule has 0 fully saturated rings. The molecule has 0 heterocycles. The largest absolute Gasteiger partial charge is 0.495 e. The number of rotatable bonds is 3. The standard InChI is InChI=1S/C14H9ClF2O2/c1-19-13-3-2-8(6-12(13)15)14(18)9-4-10(16)7-11(17)5-9/h2-7H,1H3. The van der Waals surface area contributed by atoms with Gasteiger partial charge in [-0.1, -0.05) is 11.6 Å². The van der Waals surface area contributed by atoms with E-state index in [0.717, 1.165) is 12.1 Å². The zero-order valence-corrected chi connectivity index (χ0v) is 10.7. The van der Waals surface area contributed by atoms with E-state index in [4.69, 9.17) is 16.3 Å². The van der Waals surface area contributed by atoms with Gasteiger partial charge in [-0.3, -0.25) is 4.79 Å². The van der Waals surface area contributed by atoms with E-state index in [2.05, 4.69) is 0 Å². The Balaban J connectivity index is 2.41. The minimum Gasteiger partial charge on any atom is -0.495 e. The summed E-state index contributed by atoms with van der Waals surface area (Å²) in [5, 5.41) is 0.255. The minimum atomic E-state index is -0.803. The van der Waals surface area contributed by atoms with Gasteiger partial charge < -0.3 is 4.74 Å². The van der Waals surface area contributed by atoms with Gasteiger partial charge in [0.05, 0.1) is 12.1 Å². The van der Waals surface area contributed by atoms with Crippen molar-refractivity contribution < 1.29 is 18.3 Å². The van der Waals surface area contributed by atoms with Crippen LogP contribution in [0.15, 0.2) is 36.4 Å². The second-order valence-electron chi connectivity index (χ2n) is 3.84. The summed E-state index contributed by atoms with van der Waals surface area (Å²) < 4.78 is 31.1. The van der Waals surface area contributed by atoms with Crippen LogP contribution < -0.4 is 4.74 Å². The molecule has 0 aliphatic rings. The number of ether oxygens (including phenoxy) is 1. The molecule has 0 aliphatic carbocycles. The van der Waals surface area contributed by atoms with Gasteiger partial charge in [0.1, 0.15) is 17.4 Å². The summed E-state index contributed by atoms with van der Waals surface area (Å²) in [4.78, 5) is 12.1. The van der Waals surface area contributed by atoms with Crippen molar-refractivity contribution in [3.05, 3.63) is 64.2 Å². The van der Waals surface area contributed by atoms with Crippen molar-refractivity contribution in [2.45, 2.75) is 0 Å². The minimum absolute atomic E-state index is 0.0706. The SMILES string of the molecule is COc1ccc(C(=O)c2cc(F)cc(F)c2)cc1Cl. The third-order valence-corrected chi connectivity index (χ3v) is 2.83. The van der Waals surface area contributed by atoms with Gasteiger partial charge in [-0.2, -0.15) is 0 Å². The summed E-state index contributed by atoms with van der Waals surface area (Å²) in [6, 6.07) is 7.05. The van der Waals surface area contributed by atoms with E-state index in [-0.39, 0.29) is 16.1 Å². The molecule has 98 valence electrons. The molecule has 2 aromatic rings. The predicted molar refractivity (Wildman–Crippen MR) is 67.8 cm³/mol. The molecule has 0 spiro atoms. The zero-order valence-electron chi connectivity index (χ0n) is 9.91. The van der Waals surface area contributed by atoms with Crippen LogP contribution in [0.3, 0.4) is 0 Å². The molecule has 0 bridgehead atoms. The molecule has 0 aromatic heterocycles. The number of methoxy groups -OCH3 is 1. The molecule has 0 unspecified atom stereocenters. The lowest BCUT2D eigenvalue weighted by Crippen LogP contribution is -2.03. The van der Waals surface area contributed by atoms with Crippen molar-refractivity contribution in [1.82, 2.24) is 0 Å². The average Bonchev–Trinajstić information content (AvgIpc) is 2.36. The van der Waals surface area contributed by atoms with Crippen LogP contribution in [0.5, 0.6) is 5.75 Å². The maximum absolute atomic E-state index is 13.1. The summed E-state index contributed by atoms with van der Waals surface area (Å²) in [7, 11) is 1.45. The molecular weight excluding hydrogens is 274 g/mol. The third-order valence-electron chi connectivity index (χ3n) is 2.54. The fraction of sp³-hybridized carbons (Fsp3) is 0.0714. The average molecular weight is 283 g/mol. The lowest BCUT2D eigenvalue weighted by atomic mass is 10.0. The van der Waals surface area contributed by atoms with E-state index in [1.807, 2.05) is 0 Å². The van der Waals surface area contributed by atoms with E-state index in [9.17, 15) is 13.6 Å². The highest BCUT2D eigenvalue weighted by atomic mass is 35.5. The molecule has 5 heteroatoms.